The summed E-state index contributed by atoms with van der Waals surface area (Å²) < 4.78 is 5.57. The summed E-state index contributed by atoms with van der Waals surface area (Å²) in [7, 11) is 0. The van der Waals surface area contributed by atoms with E-state index in [9.17, 15) is 0 Å². The van der Waals surface area contributed by atoms with Gasteiger partial charge in [-0.3, -0.25) is 0 Å². The second-order valence-electron chi connectivity index (χ2n) is 3.81. The van der Waals surface area contributed by atoms with Crippen molar-refractivity contribution in [1.29, 1.82) is 0 Å². The molecule has 0 saturated carbocycles. The molecule has 1 aromatic rings. The zero-order valence-electron chi connectivity index (χ0n) is 8.16. The minimum Gasteiger partial charge on any atom is -0.493 e. The zero-order chi connectivity index (χ0) is 10.1. The molecule has 14 heavy (non-hydrogen) atoms. The van der Waals surface area contributed by atoms with Gasteiger partial charge >= 0.3 is 0 Å². The molecule has 1 heterocycles. The van der Waals surface area contributed by atoms with E-state index in [-0.39, 0.29) is 0 Å². The third kappa shape index (κ3) is 1.60. The fourth-order valence-corrected chi connectivity index (χ4v) is 2.03. The Hall–Kier alpha value is -0.730. The number of hydrogen-bond donors (Lipinski definition) is 1. The molecule has 0 bridgehead atoms. The minimum atomic E-state index is 0.397. The molecule has 2 atom stereocenters. The first-order chi connectivity index (χ1) is 6.72. The van der Waals surface area contributed by atoms with Crippen molar-refractivity contribution >= 4 is 11.6 Å². The van der Waals surface area contributed by atoms with Crippen LogP contribution in [0.25, 0.3) is 0 Å². The lowest BCUT2D eigenvalue weighted by Gasteiger charge is -2.15. The van der Waals surface area contributed by atoms with Crippen LogP contribution in [0.3, 0.4) is 0 Å². The molecule has 76 valence electrons. The average Bonchev–Trinajstić information content (AvgIpc) is 2.59. The smallest absolute Gasteiger partial charge is 0.123 e. The summed E-state index contributed by atoms with van der Waals surface area (Å²) >= 11 is 5.95. The third-order valence-electron chi connectivity index (χ3n) is 2.85. The molecule has 0 aromatic heterocycles. The van der Waals surface area contributed by atoms with E-state index >= 15 is 0 Å². The van der Waals surface area contributed by atoms with E-state index in [1.165, 1.54) is 5.56 Å². The molecule has 3 heteroatoms. The van der Waals surface area contributed by atoms with Crippen LogP contribution in [-0.4, -0.2) is 13.2 Å². The van der Waals surface area contributed by atoms with Crippen LogP contribution in [-0.2, 0) is 0 Å². The second-order valence-corrected chi connectivity index (χ2v) is 4.25. The molecule has 0 saturated heterocycles. The molecule has 2 unspecified atom stereocenters. The SMILES string of the molecule is CC(CN)C1COc2ccc(Cl)cc21. The van der Waals surface area contributed by atoms with E-state index in [2.05, 4.69) is 6.92 Å². The van der Waals surface area contributed by atoms with E-state index in [1.807, 2.05) is 18.2 Å². The highest BCUT2D eigenvalue weighted by Gasteiger charge is 2.28. The van der Waals surface area contributed by atoms with Gasteiger partial charge in [-0.25, -0.2) is 0 Å². The predicted octanol–water partition coefficient (Wildman–Crippen LogP) is 2.41. The Morgan fingerprint density at radius 2 is 2.43 bits per heavy atom. The van der Waals surface area contributed by atoms with Gasteiger partial charge in [0.2, 0.25) is 0 Å². The number of fused-ring (bicyclic) bond motifs is 1. The normalized spacial score (nSPS) is 21.5. The number of rotatable bonds is 2. The fraction of sp³-hybridized carbons (Fsp3) is 0.455. The van der Waals surface area contributed by atoms with Crippen molar-refractivity contribution < 1.29 is 4.74 Å². The van der Waals surface area contributed by atoms with E-state index < -0.39 is 0 Å². The van der Waals surface area contributed by atoms with Crippen LogP contribution >= 0.6 is 11.6 Å². The molecule has 1 aliphatic rings. The van der Waals surface area contributed by atoms with Crippen molar-refractivity contribution in [3.8, 4) is 5.75 Å². The molecule has 1 aromatic carbocycles. The van der Waals surface area contributed by atoms with Gasteiger partial charge in [-0.2, -0.15) is 0 Å². The van der Waals surface area contributed by atoms with Gasteiger partial charge in [-0.05, 0) is 30.7 Å². The van der Waals surface area contributed by atoms with E-state index in [4.69, 9.17) is 22.1 Å². The van der Waals surface area contributed by atoms with Crippen LogP contribution in [0.1, 0.15) is 18.4 Å². The Morgan fingerprint density at radius 3 is 3.14 bits per heavy atom. The molecule has 0 radical (unpaired) electrons. The number of benzene rings is 1. The minimum absolute atomic E-state index is 0.397. The number of halogens is 1. The highest BCUT2D eigenvalue weighted by Crippen LogP contribution is 2.39. The lowest BCUT2D eigenvalue weighted by atomic mass is 9.89. The highest BCUT2D eigenvalue weighted by molar-refractivity contribution is 6.30. The van der Waals surface area contributed by atoms with Crippen LogP contribution in [0.15, 0.2) is 18.2 Å². The molecule has 2 rings (SSSR count). The lowest BCUT2D eigenvalue weighted by Crippen LogP contribution is -2.20. The summed E-state index contributed by atoms with van der Waals surface area (Å²) in [6, 6.07) is 5.78. The fourth-order valence-electron chi connectivity index (χ4n) is 1.84. The number of ether oxygens (including phenoxy) is 1. The van der Waals surface area contributed by atoms with Gasteiger partial charge in [-0.15, -0.1) is 0 Å². The van der Waals surface area contributed by atoms with Crippen LogP contribution in [0.5, 0.6) is 5.75 Å². The summed E-state index contributed by atoms with van der Waals surface area (Å²) in [6.45, 7) is 3.55. The van der Waals surface area contributed by atoms with E-state index in [0.29, 0.717) is 18.4 Å². The summed E-state index contributed by atoms with van der Waals surface area (Å²) in [4.78, 5) is 0. The van der Waals surface area contributed by atoms with Crippen molar-refractivity contribution in [2.24, 2.45) is 11.7 Å². The maximum absolute atomic E-state index is 5.95. The maximum Gasteiger partial charge on any atom is 0.123 e. The summed E-state index contributed by atoms with van der Waals surface area (Å²) in [5, 5.41) is 0.767. The van der Waals surface area contributed by atoms with Crippen LogP contribution in [0, 0.1) is 5.92 Å². The number of hydrogen-bond acceptors (Lipinski definition) is 2. The van der Waals surface area contributed by atoms with Gasteiger partial charge < -0.3 is 10.5 Å². The van der Waals surface area contributed by atoms with Gasteiger partial charge in [0.15, 0.2) is 0 Å². The Kier molecular flexibility index (Phi) is 2.66. The predicted molar refractivity (Wildman–Crippen MR) is 57.9 cm³/mol. The summed E-state index contributed by atoms with van der Waals surface area (Å²) in [5.41, 5.74) is 6.86. The molecule has 0 fully saturated rings. The quantitative estimate of drug-likeness (QED) is 0.816. The van der Waals surface area contributed by atoms with Crippen LogP contribution in [0.2, 0.25) is 5.02 Å². The molecule has 2 N–H and O–H groups in total. The molecule has 0 spiro atoms. The maximum atomic E-state index is 5.95. The zero-order valence-corrected chi connectivity index (χ0v) is 8.92. The largest absolute Gasteiger partial charge is 0.493 e. The van der Waals surface area contributed by atoms with Crippen molar-refractivity contribution in [2.45, 2.75) is 12.8 Å². The Labute approximate surface area is 89.0 Å². The Bertz CT molecular complexity index is 340. The monoisotopic (exact) mass is 211 g/mol. The highest BCUT2D eigenvalue weighted by atomic mass is 35.5. The van der Waals surface area contributed by atoms with Crippen molar-refractivity contribution in [2.75, 3.05) is 13.2 Å². The molecule has 2 nitrogen and oxygen atoms in total. The van der Waals surface area contributed by atoms with Gasteiger partial charge in [-0.1, -0.05) is 18.5 Å². The molecule has 0 amide bonds. The molecule has 0 aliphatic carbocycles. The summed E-state index contributed by atoms with van der Waals surface area (Å²) in [6.07, 6.45) is 0. The van der Waals surface area contributed by atoms with E-state index in [0.717, 1.165) is 17.4 Å². The van der Waals surface area contributed by atoms with Gasteiger partial charge in [0, 0.05) is 16.5 Å². The van der Waals surface area contributed by atoms with Crippen molar-refractivity contribution in [3.05, 3.63) is 28.8 Å². The number of nitrogens with two attached hydrogens (primary N) is 1. The van der Waals surface area contributed by atoms with Crippen molar-refractivity contribution in [1.82, 2.24) is 0 Å². The van der Waals surface area contributed by atoms with Crippen molar-refractivity contribution in [3.63, 3.8) is 0 Å². The third-order valence-corrected chi connectivity index (χ3v) is 3.08. The Morgan fingerprint density at radius 1 is 1.64 bits per heavy atom. The van der Waals surface area contributed by atoms with E-state index in [1.54, 1.807) is 0 Å². The Balaban J connectivity index is 2.33. The standard InChI is InChI=1S/C11H14ClNO/c1-7(5-13)10-6-14-11-3-2-8(12)4-9(10)11/h2-4,7,10H,5-6,13H2,1H3. The first kappa shape index (κ1) is 9.81. The topological polar surface area (TPSA) is 35.2 Å². The van der Waals surface area contributed by atoms with Gasteiger partial charge in [0.05, 0.1) is 6.61 Å². The molecular formula is C11H14ClNO. The first-order valence-corrected chi connectivity index (χ1v) is 5.22. The van der Waals surface area contributed by atoms with Gasteiger partial charge in [0.1, 0.15) is 5.75 Å². The lowest BCUT2D eigenvalue weighted by molar-refractivity contribution is 0.299. The van der Waals surface area contributed by atoms with Gasteiger partial charge in [0.25, 0.3) is 0 Å². The summed E-state index contributed by atoms with van der Waals surface area (Å²) in [5.74, 6) is 1.79. The average molecular weight is 212 g/mol. The van der Waals surface area contributed by atoms with Crippen LogP contribution < -0.4 is 10.5 Å². The second kappa shape index (κ2) is 3.79. The first-order valence-electron chi connectivity index (χ1n) is 4.84. The molecule has 1 aliphatic heterocycles. The molecular weight excluding hydrogens is 198 g/mol. The van der Waals surface area contributed by atoms with Crippen LogP contribution in [0.4, 0.5) is 0 Å².